The summed E-state index contributed by atoms with van der Waals surface area (Å²) in [4.78, 5) is 27.2. The third-order valence-electron chi connectivity index (χ3n) is 6.23. The molecule has 188 valence electrons. The Hall–Kier alpha value is -3.39. The van der Waals surface area contributed by atoms with Crippen molar-refractivity contribution in [2.24, 2.45) is 5.92 Å². The van der Waals surface area contributed by atoms with Gasteiger partial charge in [-0.3, -0.25) is 9.59 Å². The van der Waals surface area contributed by atoms with E-state index in [4.69, 9.17) is 0 Å². The van der Waals surface area contributed by atoms with Crippen LogP contribution in [0.3, 0.4) is 0 Å². The number of hydrogen-bond donors (Lipinski definition) is 1. The average Bonchev–Trinajstić information content (AvgIpc) is 2.94. The Morgan fingerprint density at radius 1 is 0.703 bits per heavy atom. The van der Waals surface area contributed by atoms with E-state index in [1.54, 1.807) is 60.7 Å². The topological polar surface area (TPSA) is 80.3 Å². The number of benzene rings is 4. The van der Waals surface area contributed by atoms with Gasteiger partial charge in [0.05, 0.1) is 4.90 Å². The molecule has 4 aromatic carbocycles. The van der Waals surface area contributed by atoms with Gasteiger partial charge in [0.25, 0.3) is 0 Å². The van der Waals surface area contributed by atoms with Crippen molar-refractivity contribution in [2.45, 2.75) is 17.2 Å². The van der Waals surface area contributed by atoms with Gasteiger partial charge in [0.1, 0.15) is 0 Å². The maximum atomic E-state index is 13.8. The highest BCUT2D eigenvalue weighted by Crippen LogP contribution is 2.32. The number of ketones is 2. The summed E-state index contributed by atoms with van der Waals surface area (Å²) in [6.07, 6.45) is 0.0529. The SMILES string of the molecule is O=C(CC(c1ccccc1)C(CNS(=O)(=O)c1ccc(Br)cc1)C(=O)c1ccccc1)c1ccccc1. The third-order valence-corrected chi connectivity index (χ3v) is 8.19. The summed E-state index contributed by atoms with van der Waals surface area (Å²) < 4.78 is 29.6. The molecule has 0 heterocycles. The number of carbonyl (C=O) groups is 2. The smallest absolute Gasteiger partial charge is 0.240 e. The average molecular weight is 577 g/mol. The number of carbonyl (C=O) groups excluding carboxylic acids is 2. The van der Waals surface area contributed by atoms with Crippen LogP contribution in [0.15, 0.2) is 125 Å². The molecule has 4 aromatic rings. The normalized spacial score (nSPS) is 13.0. The van der Waals surface area contributed by atoms with Gasteiger partial charge in [-0.05, 0) is 29.8 Å². The minimum atomic E-state index is -3.89. The largest absolute Gasteiger partial charge is 0.294 e. The highest BCUT2D eigenvalue weighted by Gasteiger charge is 2.33. The van der Waals surface area contributed by atoms with Crippen LogP contribution in [0.5, 0.6) is 0 Å². The Balaban J connectivity index is 1.71. The van der Waals surface area contributed by atoms with Crippen LogP contribution in [0, 0.1) is 5.92 Å². The Kier molecular flexibility index (Phi) is 8.82. The second kappa shape index (κ2) is 12.2. The van der Waals surface area contributed by atoms with Gasteiger partial charge in [-0.1, -0.05) is 107 Å². The molecule has 2 unspecified atom stereocenters. The van der Waals surface area contributed by atoms with E-state index in [1.165, 1.54) is 12.1 Å². The van der Waals surface area contributed by atoms with Gasteiger partial charge in [0.2, 0.25) is 10.0 Å². The minimum Gasteiger partial charge on any atom is -0.294 e. The van der Waals surface area contributed by atoms with Crippen molar-refractivity contribution < 1.29 is 18.0 Å². The lowest BCUT2D eigenvalue weighted by Crippen LogP contribution is -2.37. The predicted octanol–water partition coefficient (Wildman–Crippen LogP) is 6.28. The molecule has 4 rings (SSSR count). The van der Waals surface area contributed by atoms with Crippen LogP contribution in [0.4, 0.5) is 0 Å². The van der Waals surface area contributed by atoms with Crippen LogP contribution in [-0.2, 0) is 10.0 Å². The van der Waals surface area contributed by atoms with E-state index in [1.807, 2.05) is 42.5 Å². The molecule has 0 bridgehead atoms. The van der Waals surface area contributed by atoms with Crippen molar-refractivity contribution in [2.75, 3.05) is 6.54 Å². The molecule has 0 aliphatic rings. The fourth-order valence-electron chi connectivity index (χ4n) is 4.27. The summed E-state index contributed by atoms with van der Waals surface area (Å²) in [5, 5.41) is 0. The zero-order chi connectivity index (χ0) is 26.3. The second-order valence-corrected chi connectivity index (χ2v) is 11.3. The molecule has 0 aliphatic heterocycles. The molecule has 5 nitrogen and oxygen atoms in total. The molecule has 0 saturated carbocycles. The molecule has 0 amide bonds. The van der Waals surface area contributed by atoms with Crippen molar-refractivity contribution in [3.05, 3.63) is 136 Å². The lowest BCUT2D eigenvalue weighted by molar-refractivity contribution is 0.0879. The van der Waals surface area contributed by atoms with Crippen LogP contribution in [0.2, 0.25) is 0 Å². The molecule has 0 radical (unpaired) electrons. The van der Waals surface area contributed by atoms with Crippen molar-refractivity contribution in [3.63, 3.8) is 0 Å². The minimum absolute atomic E-state index is 0.0529. The van der Waals surface area contributed by atoms with E-state index in [0.717, 1.165) is 10.0 Å². The first-order valence-electron chi connectivity index (χ1n) is 11.8. The Bertz CT molecular complexity index is 1440. The van der Waals surface area contributed by atoms with E-state index in [0.29, 0.717) is 11.1 Å². The zero-order valence-corrected chi connectivity index (χ0v) is 22.4. The van der Waals surface area contributed by atoms with Crippen LogP contribution in [0.1, 0.15) is 38.6 Å². The molecular formula is C30H26BrNO4S. The Labute approximate surface area is 225 Å². The summed E-state index contributed by atoms with van der Waals surface area (Å²) in [5.74, 6) is -1.71. The van der Waals surface area contributed by atoms with E-state index >= 15 is 0 Å². The van der Waals surface area contributed by atoms with Crippen molar-refractivity contribution in [1.29, 1.82) is 0 Å². The lowest BCUT2D eigenvalue weighted by Gasteiger charge is -2.27. The number of halogens is 1. The number of hydrogen-bond acceptors (Lipinski definition) is 4. The van der Waals surface area contributed by atoms with Gasteiger partial charge in [-0.25, -0.2) is 13.1 Å². The van der Waals surface area contributed by atoms with Crippen LogP contribution in [0.25, 0.3) is 0 Å². The molecule has 0 aliphatic carbocycles. The van der Waals surface area contributed by atoms with E-state index < -0.39 is 21.9 Å². The fourth-order valence-corrected chi connectivity index (χ4v) is 5.59. The first kappa shape index (κ1) is 26.7. The fraction of sp³-hybridized carbons (Fsp3) is 0.133. The molecule has 37 heavy (non-hydrogen) atoms. The molecular weight excluding hydrogens is 550 g/mol. The Morgan fingerprint density at radius 2 is 1.22 bits per heavy atom. The summed E-state index contributed by atoms with van der Waals surface area (Å²) in [5.41, 5.74) is 1.80. The van der Waals surface area contributed by atoms with E-state index in [-0.39, 0.29) is 29.4 Å². The molecule has 2 atom stereocenters. The lowest BCUT2D eigenvalue weighted by atomic mass is 9.78. The highest BCUT2D eigenvalue weighted by molar-refractivity contribution is 9.10. The number of Topliss-reactive ketones (excluding diaryl/α,β-unsaturated/α-hetero) is 2. The molecule has 7 heteroatoms. The van der Waals surface area contributed by atoms with E-state index in [2.05, 4.69) is 20.7 Å². The van der Waals surface area contributed by atoms with Crippen molar-refractivity contribution in [1.82, 2.24) is 4.72 Å². The van der Waals surface area contributed by atoms with Gasteiger partial charge < -0.3 is 0 Å². The molecule has 0 saturated heterocycles. The molecule has 0 fully saturated rings. The van der Waals surface area contributed by atoms with Crippen LogP contribution in [-0.4, -0.2) is 26.5 Å². The Morgan fingerprint density at radius 3 is 1.78 bits per heavy atom. The maximum absolute atomic E-state index is 13.8. The summed E-state index contributed by atoms with van der Waals surface area (Å²) in [7, 11) is -3.89. The summed E-state index contributed by atoms with van der Waals surface area (Å²) in [6.45, 7) is -0.159. The van der Waals surface area contributed by atoms with Crippen LogP contribution < -0.4 is 4.72 Å². The quantitative estimate of drug-likeness (QED) is 0.213. The number of sulfonamides is 1. The van der Waals surface area contributed by atoms with Crippen LogP contribution >= 0.6 is 15.9 Å². The zero-order valence-electron chi connectivity index (χ0n) is 20.0. The van der Waals surface area contributed by atoms with Gasteiger partial charge in [-0.15, -0.1) is 0 Å². The van der Waals surface area contributed by atoms with Crippen molar-refractivity contribution >= 4 is 37.5 Å². The summed E-state index contributed by atoms with van der Waals surface area (Å²) >= 11 is 3.31. The molecule has 0 spiro atoms. The molecule has 1 N–H and O–H groups in total. The van der Waals surface area contributed by atoms with Crippen molar-refractivity contribution in [3.8, 4) is 0 Å². The van der Waals surface area contributed by atoms with Gasteiger partial charge >= 0.3 is 0 Å². The monoisotopic (exact) mass is 575 g/mol. The number of nitrogens with one attached hydrogen (secondary N) is 1. The first-order chi connectivity index (χ1) is 17.8. The second-order valence-electron chi connectivity index (χ2n) is 8.65. The number of rotatable bonds is 11. The van der Waals surface area contributed by atoms with Gasteiger partial charge in [-0.2, -0.15) is 0 Å². The standard InChI is InChI=1S/C30H26BrNO4S/c31-25-16-18-26(19-17-25)37(35,36)32-21-28(30(34)24-14-8-3-9-15-24)27(22-10-4-1-5-11-22)20-29(33)23-12-6-2-7-13-23/h1-19,27-28,32H,20-21H2. The third kappa shape index (κ3) is 6.89. The first-order valence-corrected chi connectivity index (χ1v) is 14.1. The highest BCUT2D eigenvalue weighted by atomic mass is 79.9. The van der Waals surface area contributed by atoms with Gasteiger partial charge in [0, 0.05) is 40.4 Å². The maximum Gasteiger partial charge on any atom is 0.240 e. The summed E-state index contributed by atoms with van der Waals surface area (Å²) in [6, 6.07) is 33.3. The molecule has 0 aromatic heterocycles. The van der Waals surface area contributed by atoms with Gasteiger partial charge in [0.15, 0.2) is 11.6 Å². The van der Waals surface area contributed by atoms with E-state index in [9.17, 15) is 18.0 Å². The predicted molar refractivity (Wildman–Crippen MR) is 148 cm³/mol.